The third-order valence-corrected chi connectivity index (χ3v) is 4.18. The highest BCUT2D eigenvalue weighted by Gasteiger charge is 2.32. The number of para-hydroxylation sites is 1. The molecule has 0 spiro atoms. The van der Waals surface area contributed by atoms with Crippen molar-refractivity contribution in [3.8, 4) is 0 Å². The van der Waals surface area contributed by atoms with Gasteiger partial charge in [-0.3, -0.25) is 0 Å². The van der Waals surface area contributed by atoms with E-state index in [1.54, 1.807) is 5.56 Å². The summed E-state index contributed by atoms with van der Waals surface area (Å²) in [7, 11) is 0. The molecule has 1 saturated heterocycles. The summed E-state index contributed by atoms with van der Waals surface area (Å²) in [6.45, 7) is 1.19. The highest BCUT2D eigenvalue weighted by Crippen LogP contribution is 2.40. The molecule has 2 atom stereocenters. The highest BCUT2D eigenvalue weighted by atomic mass is 14.9. The van der Waals surface area contributed by atoms with E-state index in [4.69, 9.17) is 0 Å². The number of fused-ring (bicyclic) bond motifs is 6. The molecule has 2 heteroatoms. The third kappa shape index (κ3) is 1.11. The molecule has 4 rings (SSSR count). The van der Waals surface area contributed by atoms with Crippen molar-refractivity contribution in [1.29, 1.82) is 0 Å². The third-order valence-electron chi connectivity index (χ3n) is 4.18. The lowest BCUT2D eigenvalue weighted by atomic mass is 9.79. The van der Waals surface area contributed by atoms with Crippen LogP contribution in [0.1, 0.15) is 30.1 Å². The Morgan fingerprint density at radius 3 is 3.12 bits per heavy atom. The van der Waals surface area contributed by atoms with Gasteiger partial charge in [0.2, 0.25) is 0 Å². The molecule has 1 fully saturated rings. The van der Waals surface area contributed by atoms with Crippen LogP contribution in [0.2, 0.25) is 0 Å². The molecule has 2 aliphatic rings. The molecular formula is C14H16N2. The van der Waals surface area contributed by atoms with Gasteiger partial charge in [0.05, 0.1) is 0 Å². The Hall–Kier alpha value is -1.28. The van der Waals surface area contributed by atoms with Gasteiger partial charge in [0.15, 0.2) is 0 Å². The minimum Gasteiger partial charge on any atom is -0.358 e. The normalized spacial score (nSPS) is 28.0. The van der Waals surface area contributed by atoms with Crippen LogP contribution in [0.5, 0.6) is 0 Å². The zero-order chi connectivity index (χ0) is 10.5. The fraction of sp³-hybridized carbons (Fsp3) is 0.429. The van der Waals surface area contributed by atoms with Gasteiger partial charge in [-0.15, -0.1) is 0 Å². The molecule has 2 bridgehead atoms. The van der Waals surface area contributed by atoms with Crippen molar-refractivity contribution >= 4 is 10.9 Å². The molecule has 0 radical (unpaired) electrons. The van der Waals surface area contributed by atoms with E-state index in [2.05, 4.69) is 34.6 Å². The van der Waals surface area contributed by atoms with Gasteiger partial charge < -0.3 is 10.3 Å². The van der Waals surface area contributed by atoms with Gasteiger partial charge in [-0.05, 0) is 43.4 Å². The molecule has 0 amide bonds. The van der Waals surface area contributed by atoms with Crippen LogP contribution in [-0.4, -0.2) is 11.5 Å². The fourth-order valence-electron chi connectivity index (χ4n) is 3.47. The number of aromatic nitrogens is 1. The molecule has 1 aliphatic carbocycles. The Balaban J connectivity index is 1.98. The second-order valence-corrected chi connectivity index (χ2v) is 5.16. The average Bonchev–Trinajstić information content (AvgIpc) is 2.67. The maximum absolute atomic E-state index is 3.66. The number of H-pyrrole nitrogens is 1. The largest absolute Gasteiger partial charge is 0.358 e. The fourth-order valence-corrected chi connectivity index (χ4v) is 3.47. The number of nitrogens with one attached hydrogen (secondary N) is 2. The quantitative estimate of drug-likeness (QED) is 0.690. The molecule has 16 heavy (non-hydrogen) atoms. The highest BCUT2D eigenvalue weighted by molar-refractivity contribution is 5.85. The molecule has 1 aromatic heterocycles. The Morgan fingerprint density at radius 1 is 1.19 bits per heavy atom. The molecule has 2 heterocycles. The first-order valence-electron chi connectivity index (χ1n) is 6.24. The minimum absolute atomic E-state index is 0.596. The Kier molecular flexibility index (Phi) is 1.71. The van der Waals surface area contributed by atoms with Crippen molar-refractivity contribution in [3.63, 3.8) is 0 Å². The molecule has 0 saturated carbocycles. The maximum Gasteiger partial charge on any atom is 0.0459 e. The SMILES string of the molecule is c1ccc2c3c([nH]c2c1)CC1CCNC3C1. The van der Waals surface area contributed by atoms with E-state index >= 15 is 0 Å². The number of benzene rings is 1. The first-order valence-corrected chi connectivity index (χ1v) is 6.24. The van der Waals surface area contributed by atoms with Gasteiger partial charge in [-0.25, -0.2) is 0 Å². The van der Waals surface area contributed by atoms with Crippen LogP contribution >= 0.6 is 0 Å². The number of rotatable bonds is 0. The van der Waals surface area contributed by atoms with Crippen molar-refractivity contribution in [2.24, 2.45) is 5.92 Å². The summed E-state index contributed by atoms with van der Waals surface area (Å²) in [5.41, 5.74) is 4.34. The van der Waals surface area contributed by atoms with Crippen LogP contribution in [0.4, 0.5) is 0 Å². The average molecular weight is 212 g/mol. The van der Waals surface area contributed by atoms with Gasteiger partial charge in [-0.1, -0.05) is 18.2 Å². The molecular weight excluding hydrogens is 196 g/mol. The zero-order valence-corrected chi connectivity index (χ0v) is 9.29. The minimum atomic E-state index is 0.596. The van der Waals surface area contributed by atoms with Crippen molar-refractivity contribution in [3.05, 3.63) is 35.5 Å². The second-order valence-electron chi connectivity index (χ2n) is 5.16. The number of hydrogen-bond donors (Lipinski definition) is 2. The predicted molar refractivity (Wildman–Crippen MR) is 65.5 cm³/mol. The smallest absolute Gasteiger partial charge is 0.0459 e. The summed E-state index contributed by atoms with van der Waals surface area (Å²) in [6, 6.07) is 9.30. The summed E-state index contributed by atoms with van der Waals surface area (Å²) in [6.07, 6.45) is 3.92. The lowest BCUT2D eigenvalue weighted by molar-refractivity contribution is 0.283. The first-order chi connectivity index (χ1) is 7.92. The van der Waals surface area contributed by atoms with E-state index in [0.717, 1.165) is 5.92 Å². The van der Waals surface area contributed by atoms with Crippen LogP contribution in [0.25, 0.3) is 10.9 Å². The number of aromatic amines is 1. The lowest BCUT2D eigenvalue weighted by Gasteiger charge is -2.35. The Morgan fingerprint density at radius 2 is 2.12 bits per heavy atom. The van der Waals surface area contributed by atoms with E-state index in [0.29, 0.717) is 6.04 Å². The Bertz CT molecular complexity index is 541. The standard InChI is InChI=1S/C14H16N2/c1-2-4-11-10(3-1)14-12-7-9(5-6-15-12)8-13(14)16-11/h1-4,9,12,15-16H,5-8H2. The van der Waals surface area contributed by atoms with E-state index in [9.17, 15) is 0 Å². The summed E-state index contributed by atoms with van der Waals surface area (Å²) in [4.78, 5) is 3.60. The molecule has 2 N–H and O–H groups in total. The van der Waals surface area contributed by atoms with Crippen LogP contribution in [-0.2, 0) is 6.42 Å². The van der Waals surface area contributed by atoms with Crippen LogP contribution in [0.3, 0.4) is 0 Å². The van der Waals surface area contributed by atoms with Crippen LogP contribution in [0.15, 0.2) is 24.3 Å². The van der Waals surface area contributed by atoms with Gasteiger partial charge in [-0.2, -0.15) is 0 Å². The molecule has 2 unspecified atom stereocenters. The number of hydrogen-bond acceptors (Lipinski definition) is 1. The topological polar surface area (TPSA) is 27.8 Å². The molecule has 82 valence electrons. The lowest BCUT2D eigenvalue weighted by Crippen LogP contribution is -2.36. The second kappa shape index (κ2) is 3.11. The molecule has 1 aliphatic heterocycles. The van der Waals surface area contributed by atoms with Gasteiger partial charge in [0.25, 0.3) is 0 Å². The maximum atomic E-state index is 3.66. The summed E-state index contributed by atoms with van der Waals surface area (Å²) in [5.74, 6) is 0.895. The summed E-state index contributed by atoms with van der Waals surface area (Å²) < 4.78 is 0. The van der Waals surface area contributed by atoms with Crippen LogP contribution < -0.4 is 5.32 Å². The molecule has 2 nitrogen and oxygen atoms in total. The monoisotopic (exact) mass is 212 g/mol. The van der Waals surface area contributed by atoms with Crippen LogP contribution in [0, 0.1) is 5.92 Å². The van der Waals surface area contributed by atoms with Crippen molar-refractivity contribution < 1.29 is 0 Å². The van der Waals surface area contributed by atoms with Crippen molar-refractivity contribution in [1.82, 2.24) is 10.3 Å². The van der Waals surface area contributed by atoms with Crippen molar-refractivity contribution in [2.75, 3.05) is 6.54 Å². The van der Waals surface area contributed by atoms with E-state index < -0.39 is 0 Å². The van der Waals surface area contributed by atoms with Gasteiger partial charge >= 0.3 is 0 Å². The zero-order valence-electron chi connectivity index (χ0n) is 9.29. The Labute approximate surface area is 95.1 Å². The summed E-state index contributed by atoms with van der Waals surface area (Å²) in [5, 5.41) is 5.09. The predicted octanol–water partition coefficient (Wildman–Crippen LogP) is 2.76. The van der Waals surface area contributed by atoms with E-state index in [1.807, 2.05) is 0 Å². The molecule has 2 aromatic rings. The van der Waals surface area contributed by atoms with Crippen molar-refractivity contribution in [2.45, 2.75) is 25.3 Å². The van der Waals surface area contributed by atoms with Gasteiger partial charge in [0, 0.05) is 22.6 Å². The first kappa shape index (κ1) is 8.82. The van der Waals surface area contributed by atoms with E-state index in [-0.39, 0.29) is 0 Å². The molecule has 1 aromatic carbocycles. The van der Waals surface area contributed by atoms with E-state index in [1.165, 1.54) is 42.4 Å². The van der Waals surface area contributed by atoms with Gasteiger partial charge in [0.1, 0.15) is 0 Å². The number of piperidine rings is 1. The summed E-state index contributed by atoms with van der Waals surface area (Å²) >= 11 is 0.